The zero-order chi connectivity index (χ0) is 8.97. The summed E-state index contributed by atoms with van der Waals surface area (Å²) in [5, 5.41) is 0. The minimum absolute atomic E-state index is 0.235. The highest BCUT2D eigenvalue weighted by atomic mass is 16.7. The third kappa shape index (κ3) is 2.46. The van der Waals surface area contributed by atoms with Crippen LogP contribution in [0.4, 0.5) is 0 Å². The summed E-state index contributed by atoms with van der Waals surface area (Å²) in [4.78, 5) is 10.6. The van der Waals surface area contributed by atoms with E-state index >= 15 is 0 Å². The lowest BCUT2D eigenvalue weighted by Crippen LogP contribution is -2.38. The molecular formula is C8H14O4. The Hall–Kier alpha value is -0.610. The summed E-state index contributed by atoms with van der Waals surface area (Å²) in [6.45, 7) is 2.07. The first kappa shape index (κ1) is 9.48. The Kier molecular flexibility index (Phi) is 3.49. The molecule has 0 radical (unpaired) electrons. The van der Waals surface area contributed by atoms with Gasteiger partial charge in [0.1, 0.15) is 0 Å². The number of hydrogen-bond acceptors (Lipinski definition) is 4. The van der Waals surface area contributed by atoms with Crippen molar-refractivity contribution in [1.29, 1.82) is 0 Å². The molecule has 0 aromatic heterocycles. The number of ether oxygens (including phenoxy) is 3. The number of carbonyl (C=O) groups excluding carboxylic acids is 1. The maximum absolute atomic E-state index is 10.6. The number of methoxy groups -OCH3 is 1. The molecule has 0 N–H and O–H groups in total. The predicted molar refractivity (Wildman–Crippen MR) is 41.5 cm³/mol. The van der Waals surface area contributed by atoms with Gasteiger partial charge in [0.15, 0.2) is 12.4 Å². The SMILES string of the molecule is CO[C@H]1OCCC[C@H]1OC(C)=O. The molecule has 1 saturated heterocycles. The minimum Gasteiger partial charge on any atom is -0.457 e. The van der Waals surface area contributed by atoms with Gasteiger partial charge in [-0.15, -0.1) is 0 Å². The quantitative estimate of drug-likeness (QED) is 0.578. The van der Waals surface area contributed by atoms with E-state index in [1.54, 1.807) is 7.11 Å². The molecule has 0 aromatic rings. The van der Waals surface area contributed by atoms with Crippen LogP contribution in [0.3, 0.4) is 0 Å². The third-order valence-electron chi connectivity index (χ3n) is 1.77. The van der Waals surface area contributed by atoms with Crippen LogP contribution < -0.4 is 0 Å². The maximum atomic E-state index is 10.6. The van der Waals surface area contributed by atoms with Crippen molar-refractivity contribution in [3.8, 4) is 0 Å². The third-order valence-corrected chi connectivity index (χ3v) is 1.77. The summed E-state index contributed by atoms with van der Waals surface area (Å²) in [6, 6.07) is 0. The van der Waals surface area contributed by atoms with Gasteiger partial charge in [0.25, 0.3) is 0 Å². The van der Waals surface area contributed by atoms with Crippen molar-refractivity contribution < 1.29 is 19.0 Å². The largest absolute Gasteiger partial charge is 0.457 e. The number of rotatable bonds is 2. The van der Waals surface area contributed by atoms with Gasteiger partial charge in [-0.05, 0) is 12.8 Å². The Bertz CT molecular complexity index is 157. The van der Waals surface area contributed by atoms with Crippen molar-refractivity contribution in [3.63, 3.8) is 0 Å². The van der Waals surface area contributed by atoms with Crippen molar-refractivity contribution in [3.05, 3.63) is 0 Å². The lowest BCUT2D eigenvalue weighted by molar-refractivity contribution is -0.216. The summed E-state index contributed by atoms with van der Waals surface area (Å²) in [5.41, 5.74) is 0. The van der Waals surface area contributed by atoms with Gasteiger partial charge in [0.2, 0.25) is 0 Å². The molecule has 0 bridgehead atoms. The molecule has 2 atom stereocenters. The first-order valence-electron chi connectivity index (χ1n) is 4.05. The van der Waals surface area contributed by atoms with E-state index in [2.05, 4.69) is 0 Å². The smallest absolute Gasteiger partial charge is 0.303 e. The van der Waals surface area contributed by atoms with Crippen molar-refractivity contribution >= 4 is 5.97 Å². The van der Waals surface area contributed by atoms with E-state index in [1.807, 2.05) is 0 Å². The second-order valence-electron chi connectivity index (χ2n) is 2.76. The van der Waals surface area contributed by atoms with Gasteiger partial charge in [0.05, 0.1) is 6.61 Å². The molecular weight excluding hydrogens is 160 g/mol. The molecule has 70 valence electrons. The van der Waals surface area contributed by atoms with Gasteiger partial charge in [-0.2, -0.15) is 0 Å². The summed E-state index contributed by atoms with van der Waals surface area (Å²) in [6.07, 6.45) is 1.11. The van der Waals surface area contributed by atoms with E-state index in [0.29, 0.717) is 6.61 Å². The van der Waals surface area contributed by atoms with Crippen molar-refractivity contribution in [2.24, 2.45) is 0 Å². The van der Waals surface area contributed by atoms with Crippen molar-refractivity contribution in [2.75, 3.05) is 13.7 Å². The molecule has 12 heavy (non-hydrogen) atoms. The van der Waals surface area contributed by atoms with Crippen LogP contribution in [0.2, 0.25) is 0 Å². The highest BCUT2D eigenvalue weighted by molar-refractivity contribution is 5.66. The Balaban J connectivity index is 2.41. The topological polar surface area (TPSA) is 44.8 Å². The monoisotopic (exact) mass is 174 g/mol. The van der Waals surface area contributed by atoms with Crippen molar-refractivity contribution in [2.45, 2.75) is 32.2 Å². The van der Waals surface area contributed by atoms with Gasteiger partial charge in [-0.1, -0.05) is 0 Å². The fourth-order valence-corrected chi connectivity index (χ4v) is 1.27. The van der Waals surface area contributed by atoms with E-state index in [9.17, 15) is 4.79 Å². The molecule has 0 amide bonds. The number of esters is 1. The van der Waals surface area contributed by atoms with Gasteiger partial charge in [0, 0.05) is 14.0 Å². The van der Waals surface area contributed by atoms with E-state index in [0.717, 1.165) is 12.8 Å². The maximum Gasteiger partial charge on any atom is 0.303 e. The van der Waals surface area contributed by atoms with Gasteiger partial charge in [-0.3, -0.25) is 4.79 Å². The molecule has 1 rings (SSSR count). The lowest BCUT2D eigenvalue weighted by atomic mass is 10.1. The zero-order valence-corrected chi connectivity index (χ0v) is 7.41. The molecule has 1 heterocycles. The van der Waals surface area contributed by atoms with Gasteiger partial charge >= 0.3 is 5.97 Å². The Morgan fingerprint density at radius 3 is 2.92 bits per heavy atom. The van der Waals surface area contributed by atoms with E-state index in [4.69, 9.17) is 14.2 Å². The number of hydrogen-bond donors (Lipinski definition) is 0. The molecule has 0 saturated carbocycles. The predicted octanol–water partition coefficient (Wildman–Crippen LogP) is 0.701. The van der Waals surface area contributed by atoms with Crippen LogP contribution in [-0.2, 0) is 19.0 Å². The molecule has 1 aliphatic heterocycles. The lowest BCUT2D eigenvalue weighted by Gasteiger charge is -2.29. The number of carbonyl (C=O) groups is 1. The fourth-order valence-electron chi connectivity index (χ4n) is 1.27. The molecule has 0 spiro atoms. The molecule has 0 aliphatic carbocycles. The first-order valence-corrected chi connectivity index (χ1v) is 4.05. The van der Waals surface area contributed by atoms with E-state index in [1.165, 1.54) is 6.92 Å². The standard InChI is InChI=1S/C8H14O4/c1-6(9)12-7-4-3-5-11-8(7)10-2/h7-8H,3-5H2,1-2H3/t7-,8+/m1/s1. The Morgan fingerprint density at radius 1 is 1.58 bits per heavy atom. The molecule has 1 fully saturated rings. The summed E-state index contributed by atoms with van der Waals surface area (Å²) in [5.74, 6) is -0.285. The van der Waals surface area contributed by atoms with Crippen LogP contribution in [0.25, 0.3) is 0 Å². The molecule has 0 aromatic carbocycles. The van der Waals surface area contributed by atoms with E-state index in [-0.39, 0.29) is 18.4 Å². The minimum atomic E-state index is -0.386. The van der Waals surface area contributed by atoms with Gasteiger partial charge in [-0.25, -0.2) is 0 Å². The molecule has 4 nitrogen and oxygen atoms in total. The molecule has 1 aliphatic rings. The van der Waals surface area contributed by atoms with Crippen LogP contribution in [-0.4, -0.2) is 32.1 Å². The summed E-state index contributed by atoms with van der Waals surface area (Å²) in [7, 11) is 1.55. The van der Waals surface area contributed by atoms with Crippen LogP contribution in [0.5, 0.6) is 0 Å². The second-order valence-corrected chi connectivity index (χ2v) is 2.76. The van der Waals surface area contributed by atoms with Gasteiger partial charge < -0.3 is 14.2 Å². The van der Waals surface area contributed by atoms with Crippen LogP contribution in [0, 0.1) is 0 Å². The first-order chi connectivity index (χ1) is 5.74. The van der Waals surface area contributed by atoms with Crippen LogP contribution >= 0.6 is 0 Å². The Labute approximate surface area is 71.8 Å². The summed E-state index contributed by atoms with van der Waals surface area (Å²) < 4.78 is 15.3. The highest BCUT2D eigenvalue weighted by Gasteiger charge is 2.27. The normalized spacial score (nSPS) is 29.8. The molecule has 4 heteroatoms. The van der Waals surface area contributed by atoms with Crippen LogP contribution in [0.15, 0.2) is 0 Å². The highest BCUT2D eigenvalue weighted by Crippen LogP contribution is 2.17. The average molecular weight is 174 g/mol. The Morgan fingerprint density at radius 2 is 2.33 bits per heavy atom. The zero-order valence-electron chi connectivity index (χ0n) is 7.41. The molecule has 0 unspecified atom stereocenters. The summed E-state index contributed by atoms with van der Waals surface area (Å²) >= 11 is 0. The second kappa shape index (κ2) is 4.42. The van der Waals surface area contributed by atoms with Crippen LogP contribution in [0.1, 0.15) is 19.8 Å². The average Bonchev–Trinajstić information content (AvgIpc) is 2.04. The van der Waals surface area contributed by atoms with E-state index < -0.39 is 0 Å². The fraction of sp³-hybridized carbons (Fsp3) is 0.875. The van der Waals surface area contributed by atoms with Crippen molar-refractivity contribution in [1.82, 2.24) is 0 Å².